The van der Waals surface area contributed by atoms with Crippen LogP contribution >= 0.6 is 0 Å². The maximum atomic E-state index is 10.7. The molecule has 4 heteroatoms. The molecule has 2 rings (SSSR count). The Morgan fingerprint density at radius 3 is 2.17 bits per heavy atom. The van der Waals surface area contributed by atoms with E-state index >= 15 is 0 Å². The number of hydrogen-bond donors (Lipinski definition) is 1. The predicted molar refractivity (Wildman–Crippen MR) is 93.5 cm³/mol. The fourth-order valence-corrected chi connectivity index (χ4v) is 2.31. The summed E-state index contributed by atoms with van der Waals surface area (Å²) in [5.41, 5.74) is 1.48. The van der Waals surface area contributed by atoms with Gasteiger partial charge in [-0.1, -0.05) is 36.8 Å². The van der Waals surface area contributed by atoms with Crippen molar-refractivity contribution >= 4 is 5.97 Å². The molecule has 0 aliphatic heterocycles. The molecular weight excluding hydrogens is 304 g/mol. The van der Waals surface area contributed by atoms with Crippen LogP contribution in [0.1, 0.15) is 41.6 Å². The standard InChI is InChI=1S/C20H24O4/c21-20(22)18-10-12-19(13-11-18)24-15-7-2-1-6-14-23-16-17-8-4-3-5-9-17/h3-5,8-13H,1-2,6-7,14-16H2,(H,21,22). The first-order valence-electron chi connectivity index (χ1n) is 8.33. The van der Waals surface area contributed by atoms with E-state index < -0.39 is 5.97 Å². The maximum absolute atomic E-state index is 10.7. The molecule has 0 saturated carbocycles. The number of benzene rings is 2. The summed E-state index contributed by atoms with van der Waals surface area (Å²) in [6.07, 6.45) is 4.26. The number of hydrogen-bond acceptors (Lipinski definition) is 3. The van der Waals surface area contributed by atoms with E-state index in [-0.39, 0.29) is 5.56 Å². The highest BCUT2D eigenvalue weighted by Gasteiger charge is 2.02. The molecular formula is C20H24O4. The fourth-order valence-electron chi connectivity index (χ4n) is 2.31. The number of carboxylic acids is 1. The van der Waals surface area contributed by atoms with Crippen molar-refractivity contribution in [3.05, 3.63) is 65.7 Å². The van der Waals surface area contributed by atoms with Crippen molar-refractivity contribution in [1.29, 1.82) is 0 Å². The molecule has 1 N–H and O–H groups in total. The zero-order valence-corrected chi connectivity index (χ0v) is 13.8. The third-order valence-corrected chi connectivity index (χ3v) is 3.66. The fraction of sp³-hybridized carbons (Fsp3) is 0.350. The minimum absolute atomic E-state index is 0.276. The molecule has 0 bridgehead atoms. The highest BCUT2D eigenvalue weighted by molar-refractivity contribution is 5.87. The summed E-state index contributed by atoms with van der Waals surface area (Å²) < 4.78 is 11.2. The molecule has 0 heterocycles. The van der Waals surface area contributed by atoms with E-state index in [0.29, 0.717) is 19.0 Å². The number of aromatic carboxylic acids is 1. The molecule has 2 aromatic rings. The van der Waals surface area contributed by atoms with Crippen molar-refractivity contribution < 1.29 is 19.4 Å². The second-order valence-electron chi connectivity index (χ2n) is 5.63. The van der Waals surface area contributed by atoms with Crippen LogP contribution in [0.5, 0.6) is 5.75 Å². The second-order valence-corrected chi connectivity index (χ2v) is 5.63. The highest BCUT2D eigenvalue weighted by Crippen LogP contribution is 2.13. The monoisotopic (exact) mass is 328 g/mol. The molecule has 0 unspecified atom stereocenters. The van der Waals surface area contributed by atoms with Crippen LogP contribution in [0.15, 0.2) is 54.6 Å². The molecule has 0 radical (unpaired) electrons. The maximum Gasteiger partial charge on any atom is 0.335 e. The summed E-state index contributed by atoms with van der Waals surface area (Å²) >= 11 is 0. The zero-order chi connectivity index (χ0) is 17.0. The summed E-state index contributed by atoms with van der Waals surface area (Å²) in [6.45, 7) is 2.11. The van der Waals surface area contributed by atoms with Crippen molar-refractivity contribution in [1.82, 2.24) is 0 Å². The largest absolute Gasteiger partial charge is 0.494 e. The molecule has 0 saturated heterocycles. The molecule has 0 amide bonds. The van der Waals surface area contributed by atoms with Gasteiger partial charge in [0.05, 0.1) is 18.8 Å². The van der Waals surface area contributed by atoms with E-state index in [0.717, 1.165) is 32.3 Å². The van der Waals surface area contributed by atoms with Gasteiger partial charge in [-0.25, -0.2) is 4.79 Å². The average molecular weight is 328 g/mol. The van der Waals surface area contributed by atoms with Gasteiger partial charge < -0.3 is 14.6 Å². The molecule has 2 aromatic carbocycles. The SMILES string of the molecule is O=C(O)c1ccc(OCCCCCCOCc2ccccc2)cc1. The Balaban J connectivity index is 1.46. The van der Waals surface area contributed by atoms with Crippen LogP contribution in [-0.2, 0) is 11.3 Å². The predicted octanol–water partition coefficient (Wildman–Crippen LogP) is 4.54. The van der Waals surface area contributed by atoms with Crippen LogP contribution in [0.3, 0.4) is 0 Å². The molecule has 4 nitrogen and oxygen atoms in total. The van der Waals surface area contributed by atoms with E-state index in [4.69, 9.17) is 14.6 Å². The first-order chi connectivity index (χ1) is 11.8. The van der Waals surface area contributed by atoms with Gasteiger partial charge in [-0.05, 0) is 49.1 Å². The lowest BCUT2D eigenvalue weighted by Crippen LogP contribution is -2.00. The molecule has 0 aliphatic carbocycles. The minimum Gasteiger partial charge on any atom is -0.494 e. The smallest absolute Gasteiger partial charge is 0.335 e. The van der Waals surface area contributed by atoms with Gasteiger partial charge in [-0.2, -0.15) is 0 Å². The van der Waals surface area contributed by atoms with E-state index in [9.17, 15) is 4.79 Å². The molecule has 0 fully saturated rings. The van der Waals surface area contributed by atoms with Gasteiger partial charge in [0.15, 0.2) is 0 Å². The average Bonchev–Trinajstić information content (AvgIpc) is 2.61. The Morgan fingerprint density at radius 1 is 0.833 bits per heavy atom. The minimum atomic E-state index is -0.920. The lowest BCUT2D eigenvalue weighted by molar-refractivity contribution is 0.0697. The van der Waals surface area contributed by atoms with Crippen LogP contribution in [0.25, 0.3) is 0 Å². The quantitative estimate of drug-likeness (QED) is 0.615. The topological polar surface area (TPSA) is 55.8 Å². The van der Waals surface area contributed by atoms with Crippen LogP contribution in [-0.4, -0.2) is 24.3 Å². The number of carbonyl (C=O) groups is 1. The van der Waals surface area contributed by atoms with Gasteiger partial charge in [0, 0.05) is 6.61 Å². The summed E-state index contributed by atoms with van der Waals surface area (Å²) in [7, 11) is 0. The Bertz CT molecular complexity index is 593. The first kappa shape index (κ1) is 18.0. The van der Waals surface area contributed by atoms with Crippen LogP contribution < -0.4 is 4.74 Å². The third kappa shape index (κ3) is 6.84. The van der Waals surface area contributed by atoms with Crippen molar-refractivity contribution in [2.24, 2.45) is 0 Å². The molecule has 0 spiro atoms. The highest BCUT2D eigenvalue weighted by atomic mass is 16.5. The molecule has 0 aromatic heterocycles. The Morgan fingerprint density at radius 2 is 1.50 bits per heavy atom. The van der Waals surface area contributed by atoms with Crippen molar-refractivity contribution in [3.63, 3.8) is 0 Å². The molecule has 128 valence electrons. The van der Waals surface area contributed by atoms with Gasteiger partial charge in [0.1, 0.15) is 5.75 Å². The Labute approximate surface area is 143 Å². The van der Waals surface area contributed by atoms with Crippen LogP contribution in [0.2, 0.25) is 0 Å². The summed E-state index contributed by atoms with van der Waals surface area (Å²) in [5.74, 6) is -0.206. The summed E-state index contributed by atoms with van der Waals surface area (Å²) in [5, 5.41) is 8.82. The van der Waals surface area contributed by atoms with E-state index in [2.05, 4.69) is 12.1 Å². The molecule has 0 aliphatic rings. The third-order valence-electron chi connectivity index (χ3n) is 3.66. The first-order valence-corrected chi connectivity index (χ1v) is 8.33. The van der Waals surface area contributed by atoms with Gasteiger partial charge in [-0.15, -0.1) is 0 Å². The lowest BCUT2D eigenvalue weighted by atomic mass is 10.2. The van der Waals surface area contributed by atoms with Crippen molar-refractivity contribution in [2.75, 3.05) is 13.2 Å². The summed E-state index contributed by atoms with van der Waals surface area (Å²) in [4.78, 5) is 10.7. The lowest BCUT2D eigenvalue weighted by Gasteiger charge is -2.07. The van der Waals surface area contributed by atoms with E-state index in [1.54, 1.807) is 24.3 Å². The van der Waals surface area contributed by atoms with Gasteiger partial charge in [0.25, 0.3) is 0 Å². The summed E-state index contributed by atoms with van der Waals surface area (Å²) in [6, 6.07) is 16.7. The number of carboxylic acid groups (broad SMARTS) is 1. The molecule has 24 heavy (non-hydrogen) atoms. The Hall–Kier alpha value is -2.33. The van der Waals surface area contributed by atoms with E-state index in [1.165, 1.54) is 5.56 Å². The molecule has 0 atom stereocenters. The number of rotatable bonds is 11. The Kier molecular flexibility index (Phi) is 7.84. The van der Waals surface area contributed by atoms with Crippen LogP contribution in [0.4, 0.5) is 0 Å². The van der Waals surface area contributed by atoms with Crippen LogP contribution in [0, 0.1) is 0 Å². The number of ether oxygens (including phenoxy) is 2. The van der Waals surface area contributed by atoms with Crippen molar-refractivity contribution in [2.45, 2.75) is 32.3 Å². The normalized spacial score (nSPS) is 10.5. The van der Waals surface area contributed by atoms with Gasteiger partial charge in [-0.3, -0.25) is 0 Å². The van der Waals surface area contributed by atoms with Gasteiger partial charge >= 0.3 is 5.97 Å². The number of unbranched alkanes of at least 4 members (excludes halogenated alkanes) is 3. The second kappa shape index (κ2) is 10.4. The van der Waals surface area contributed by atoms with Crippen molar-refractivity contribution in [3.8, 4) is 5.75 Å². The zero-order valence-electron chi connectivity index (χ0n) is 13.8. The van der Waals surface area contributed by atoms with Gasteiger partial charge in [0.2, 0.25) is 0 Å². The van der Waals surface area contributed by atoms with E-state index in [1.807, 2.05) is 18.2 Å².